The number of benzene rings is 2. The Morgan fingerprint density at radius 1 is 1.10 bits per heavy atom. The number of para-hydroxylation sites is 1. The fraction of sp³-hybridized carbons (Fsp3) is 0.118. The lowest BCUT2D eigenvalue weighted by atomic mass is 10.1. The van der Waals surface area contributed by atoms with Gasteiger partial charge in [-0.2, -0.15) is 0 Å². The molecule has 3 rings (SSSR count). The van der Waals surface area contributed by atoms with E-state index in [1.165, 1.54) is 12.1 Å². The zero-order valence-corrected chi connectivity index (χ0v) is 12.5. The summed E-state index contributed by atoms with van der Waals surface area (Å²) in [6.07, 6.45) is 0. The van der Waals surface area contributed by atoms with Gasteiger partial charge in [0.15, 0.2) is 0 Å². The van der Waals surface area contributed by atoms with Crippen LogP contribution >= 0.6 is 11.8 Å². The van der Waals surface area contributed by atoms with Crippen LogP contribution in [0.25, 0.3) is 10.9 Å². The average Bonchev–Trinajstić information content (AvgIpc) is 2.50. The van der Waals surface area contributed by atoms with Crippen LogP contribution in [-0.2, 0) is 6.54 Å². The van der Waals surface area contributed by atoms with Crippen LogP contribution in [0.1, 0.15) is 5.56 Å². The van der Waals surface area contributed by atoms with Gasteiger partial charge in [0.1, 0.15) is 10.8 Å². The smallest absolute Gasteiger partial charge is 0.123 e. The fourth-order valence-corrected chi connectivity index (χ4v) is 3.06. The number of hydrogen-bond donors (Lipinski definition) is 1. The van der Waals surface area contributed by atoms with Crippen molar-refractivity contribution in [2.45, 2.75) is 16.5 Å². The van der Waals surface area contributed by atoms with Gasteiger partial charge in [-0.15, -0.1) is 0 Å². The number of nitrogens with one attached hydrogen (secondary N) is 1. The Morgan fingerprint density at radius 2 is 1.86 bits per heavy atom. The van der Waals surface area contributed by atoms with Crippen LogP contribution in [0, 0.1) is 5.82 Å². The Balaban J connectivity index is 2.02. The van der Waals surface area contributed by atoms with E-state index in [0.717, 1.165) is 32.9 Å². The maximum absolute atomic E-state index is 13.0. The summed E-state index contributed by atoms with van der Waals surface area (Å²) in [6, 6.07) is 16.7. The minimum Gasteiger partial charge on any atom is -0.316 e. The first-order valence-corrected chi connectivity index (χ1v) is 7.54. The molecule has 1 N–H and O–H groups in total. The molecule has 0 saturated heterocycles. The Labute approximate surface area is 127 Å². The third kappa shape index (κ3) is 3.23. The van der Waals surface area contributed by atoms with E-state index < -0.39 is 0 Å². The first-order valence-electron chi connectivity index (χ1n) is 6.73. The second kappa shape index (κ2) is 6.24. The summed E-state index contributed by atoms with van der Waals surface area (Å²) in [4.78, 5) is 5.72. The van der Waals surface area contributed by atoms with Gasteiger partial charge >= 0.3 is 0 Å². The topological polar surface area (TPSA) is 24.9 Å². The van der Waals surface area contributed by atoms with Crippen molar-refractivity contribution in [2.75, 3.05) is 7.05 Å². The van der Waals surface area contributed by atoms with Gasteiger partial charge in [0.25, 0.3) is 0 Å². The maximum Gasteiger partial charge on any atom is 0.123 e. The van der Waals surface area contributed by atoms with Crippen LogP contribution in [0.2, 0.25) is 0 Å². The molecule has 1 aromatic heterocycles. The number of halogens is 1. The Kier molecular flexibility index (Phi) is 4.18. The van der Waals surface area contributed by atoms with Crippen molar-refractivity contribution < 1.29 is 4.39 Å². The van der Waals surface area contributed by atoms with Crippen molar-refractivity contribution in [3.05, 3.63) is 66.0 Å². The number of hydrogen-bond acceptors (Lipinski definition) is 3. The summed E-state index contributed by atoms with van der Waals surface area (Å²) in [6.45, 7) is 0.751. The quantitative estimate of drug-likeness (QED) is 0.779. The van der Waals surface area contributed by atoms with Crippen molar-refractivity contribution >= 4 is 22.7 Å². The molecule has 3 aromatic rings. The highest BCUT2D eigenvalue weighted by Gasteiger charge is 2.08. The molecule has 1 heterocycles. The van der Waals surface area contributed by atoms with Crippen LogP contribution in [-0.4, -0.2) is 12.0 Å². The number of fused-ring (bicyclic) bond motifs is 1. The van der Waals surface area contributed by atoms with Gasteiger partial charge in [-0.05, 0) is 49.0 Å². The molecule has 0 aliphatic rings. The predicted octanol–water partition coefficient (Wildman–Crippen LogP) is 4.24. The Morgan fingerprint density at radius 3 is 2.62 bits per heavy atom. The summed E-state index contributed by atoms with van der Waals surface area (Å²) in [5, 5.41) is 5.25. The standard InChI is InChI=1S/C17H15FN2S/c1-19-11-13-10-12-4-2-3-5-16(12)20-17(13)21-15-8-6-14(18)7-9-15/h2-10,19H,11H2,1H3. The molecule has 0 radical (unpaired) electrons. The Bertz CT molecular complexity index is 756. The molecule has 0 bridgehead atoms. The zero-order valence-electron chi connectivity index (χ0n) is 11.6. The molecule has 2 aromatic carbocycles. The molecule has 21 heavy (non-hydrogen) atoms. The normalized spacial score (nSPS) is 11.0. The zero-order chi connectivity index (χ0) is 14.7. The highest BCUT2D eigenvalue weighted by Crippen LogP contribution is 2.31. The van der Waals surface area contributed by atoms with Crippen molar-refractivity contribution in [3.63, 3.8) is 0 Å². The molecule has 0 aliphatic carbocycles. The van der Waals surface area contributed by atoms with Crippen LogP contribution in [0.3, 0.4) is 0 Å². The molecule has 0 amide bonds. The number of pyridine rings is 1. The van der Waals surface area contributed by atoms with E-state index in [-0.39, 0.29) is 5.82 Å². The van der Waals surface area contributed by atoms with Crippen molar-refractivity contribution in [1.29, 1.82) is 0 Å². The molecule has 2 nitrogen and oxygen atoms in total. The average molecular weight is 298 g/mol. The van der Waals surface area contributed by atoms with E-state index in [4.69, 9.17) is 4.98 Å². The fourth-order valence-electron chi connectivity index (χ4n) is 2.16. The van der Waals surface area contributed by atoms with Gasteiger partial charge < -0.3 is 5.32 Å². The first-order chi connectivity index (χ1) is 10.3. The monoisotopic (exact) mass is 298 g/mol. The highest BCUT2D eigenvalue weighted by molar-refractivity contribution is 7.99. The van der Waals surface area contributed by atoms with E-state index in [9.17, 15) is 4.39 Å². The number of aromatic nitrogens is 1. The molecule has 0 unspecified atom stereocenters. The molecule has 0 spiro atoms. The van der Waals surface area contributed by atoms with Crippen LogP contribution in [0.4, 0.5) is 4.39 Å². The molecule has 0 fully saturated rings. The second-order valence-electron chi connectivity index (χ2n) is 4.73. The largest absolute Gasteiger partial charge is 0.316 e. The second-order valence-corrected chi connectivity index (χ2v) is 5.79. The predicted molar refractivity (Wildman–Crippen MR) is 85.0 cm³/mol. The number of rotatable bonds is 4. The summed E-state index contributed by atoms with van der Waals surface area (Å²) >= 11 is 1.56. The van der Waals surface area contributed by atoms with Crippen molar-refractivity contribution in [3.8, 4) is 0 Å². The third-order valence-electron chi connectivity index (χ3n) is 3.16. The molecule has 0 aliphatic heterocycles. The molecular weight excluding hydrogens is 283 g/mol. The molecule has 0 atom stereocenters. The van der Waals surface area contributed by atoms with E-state index >= 15 is 0 Å². The lowest BCUT2D eigenvalue weighted by Gasteiger charge is -2.10. The molecule has 0 saturated carbocycles. The third-order valence-corrected chi connectivity index (χ3v) is 4.21. The molecular formula is C17H15FN2S. The van der Waals surface area contributed by atoms with Gasteiger partial charge in [0.2, 0.25) is 0 Å². The minimum atomic E-state index is -0.221. The lowest BCUT2D eigenvalue weighted by Crippen LogP contribution is -2.07. The van der Waals surface area contributed by atoms with E-state index in [1.54, 1.807) is 23.9 Å². The van der Waals surface area contributed by atoms with Gasteiger partial charge in [0, 0.05) is 16.8 Å². The van der Waals surface area contributed by atoms with Gasteiger partial charge in [-0.25, -0.2) is 9.37 Å². The van der Waals surface area contributed by atoms with Crippen LogP contribution < -0.4 is 5.32 Å². The van der Waals surface area contributed by atoms with Crippen LogP contribution in [0.5, 0.6) is 0 Å². The summed E-state index contributed by atoms with van der Waals surface area (Å²) in [7, 11) is 1.92. The van der Waals surface area contributed by atoms with Crippen molar-refractivity contribution in [2.24, 2.45) is 0 Å². The van der Waals surface area contributed by atoms with Crippen LogP contribution in [0.15, 0.2) is 64.5 Å². The summed E-state index contributed by atoms with van der Waals surface area (Å²) in [5.41, 5.74) is 2.12. The summed E-state index contributed by atoms with van der Waals surface area (Å²) < 4.78 is 13.0. The minimum absolute atomic E-state index is 0.221. The SMILES string of the molecule is CNCc1cc2ccccc2nc1Sc1ccc(F)cc1. The van der Waals surface area contributed by atoms with E-state index in [1.807, 2.05) is 25.2 Å². The summed E-state index contributed by atoms with van der Waals surface area (Å²) in [5.74, 6) is -0.221. The van der Waals surface area contributed by atoms with E-state index in [0.29, 0.717) is 0 Å². The van der Waals surface area contributed by atoms with Gasteiger partial charge in [0.05, 0.1) is 5.52 Å². The van der Waals surface area contributed by atoms with Crippen molar-refractivity contribution in [1.82, 2.24) is 10.3 Å². The van der Waals surface area contributed by atoms with Gasteiger partial charge in [-0.1, -0.05) is 30.0 Å². The highest BCUT2D eigenvalue weighted by atomic mass is 32.2. The molecule has 106 valence electrons. The maximum atomic E-state index is 13.0. The Hall–Kier alpha value is -1.91. The number of nitrogens with zero attached hydrogens (tertiary/aromatic N) is 1. The lowest BCUT2D eigenvalue weighted by molar-refractivity contribution is 0.626. The molecule has 4 heteroatoms. The van der Waals surface area contributed by atoms with Gasteiger partial charge in [-0.3, -0.25) is 0 Å². The first kappa shape index (κ1) is 14.0. The van der Waals surface area contributed by atoms with E-state index in [2.05, 4.69) is 17.4 Å².